The van der Waals surface area contributed by atoms with Gasteiger partial charge in [0.1, 0.15) is 11.3 Å². The van der Waals surface area contributed by atoms with E-state index in [0.29, 0.717) is 17.9 Å². The number of methoxy groups -OCH3 is 1. The maximum Gasteiger partial charge on any atom is 0.329 e. The molecule has 5 rings (SSSR count). The van der Waals surface area contributed by atoms with Crippen molar-refractivity contribution >= 4 is 34.9 Å². The number of halogens is 1. The molecule has 4 nitrogen and oxygen atoms in total. The number of rotatable bonds is 5. The maximum atomic E-state index is 12.6. The zero-order chi connectivity index (χ0) is 23.9. The summed E-state index contributed by atoms with van der Waals surface area (Å²) >= 11 is 6.16. The summed E-state index contributed by atoms with van der Waals surface area (Å²) in [5.41, 5.74) is 5.57. The minimum absolute atomic E-state index is 0.233. The van der Waals surface area contributed by atoms with Gasteiger partial charge in [0.25, 0.3) is 0 Å². The second kappa shape index (κ2) is 8.52. The van der Waals surface area contributed by atoms with Gasteiger partial charge in [0.15, 0.2) is 0 Å². The number of ether oxygens (including phenoxy) is 1. The van der Waals surface area contributed by atoms with Crippen molar-refractivity contribution in [1.29, 1.82) is 0 Å². The molecule has 0 aliphatic heterocycles. The highest BCUT2D eigenvalue weighted by molar-refractivity contribution is 6.30. The van der Waals surface area contributed by atoms with Gasteiger partial charge >= 0.3 is 5.97 Å². The first kappa shape index (κ1) is 22.5. The molecule has 2 aliphatic rings. The summed E-state index contributed by atoms with van der Waals surface area (Å²) in [5.74, 6) is 0.00243. The van der Waals surface area contributed by atoms with Crippen molar-refractivity contribution in [2.24, 2.45) is 0 Å². The van der Waals surface area contributed by atoms with Crippen LogP contribution in [0.5, 0.6) is 5.75 Å². The van der Waals surface area contributed by atoms with Gasteiger partial charge in [-0.3, -0.25) is 0 Å². The van der Waals surface area contributed by atoms with E-state index >= 15 is 0 Å². The average Bonchev–Trinajstić information content (AvgIpc) is 3.15. The number of aryl methyl sites for hydroxylation is 1. The van der Waals surface area contributed by atoms with Crippen LogP contribution in [-0.4, -0.2) is 23.7 Å². The van der Waals surface area contributed by atoms with Crippen LogP contribution in [0.1, 0.15) is 47.9 Å². The van der Waals surface area contributed by atoms with Crippen LogP contribution >= 0.6 is 11.6 Å². The van der Waals surface area contributed by atoms with Gasteiger partial charge in [-0.1, -0.05) is 48.0 Å². The third kappa shape index (κ3) is 3.67. The van der Waals surface area contributed by atoms with Crippen LogP contribution in [0.15, 0.2) is 66.7 Å². The summed E-state index contributed by atoms with van der Waals surface area (Å²) in [5, 5.41) is 14.2. The van der Waals surface area contributed by atoms with Crippen LogP contribution in [0, 0.1) is 6.92 Å². The number of carboxylic acids is 1. The van der Waals surface area contributed by atoms with E-state index in [2.05, 4.69) is 54.7 Å². The molecule has 1 spiro atoms. The van der Waals surface area contributed by atoms with Gasteiger partial charge in [0.2, 0.25) is 0 Å². The van der Waals surface area contributed by atoms with Crippen LogP contribution in [0.3, 0.4) is 0 Å². The molecule has 0 bridgehead atoms. The largest absolute Gasteiger partial charge is 0.497 e. The fourth-order valence-electron chi connectivity index (χ4n) is 5.73. The molecule has 3 aromatic rings. The minimum Gasteiger partial charge on any atom is -0.497 e. The predicted octanol–water partition coefficient (Wildman–Crippen LogP) is 6.96. The van der Waals surface area contributed by atoms with E-state index in [1.165, 1.54) is 27.8 Å². The summed E-state index contributed by atoms with van der Waals surface area (Å²) in [6, 6.07) is 22.0. The lowest BCUT2D eigenvalue weighted by Gasteiger charge is -2.45. The summed E-state index contributed by atoms with van der Waals surface area (Å²) in [7, 11) is 1.69. The van der Waals surface area contributed by atoms with Crippen molar-refractivity contribution < 1.29 is 14.6 Å². The van der Waals surface area contributed by atoms with Crippen molar-refractivity contribution in [3.05, 3.63) is 94.0 Å². The molecule has 3 aromatic carbocycles. The van der Waals surface area contributed by atoms with E-state index in [9.17, 15) is 9.90 Å². The van der Waals surface area contributed by atoms with E-state index in [-0.39, 0.29) is 5.41 Å². The summed E-state index contributed by atoms with van der Waals surface area (Å²) in [4.78, 5) is 12.6. The van der Waals surface area contributed by atoms with Crippen LogP contribution in [0.4, 0.5) is 5.69 Å². The lowest BCUT2D eigenvalue weighted by atomic mass is 9.61. The second-order valence-corrected chi connectivity index (χ2v) is 9.87. The third-order valence-corrected chi connectivity index (χ3v) is 7.84. The van der Waals surface area contributed by atoms with Gasteiger partial charge in [-0.2, -0.15) is 0 Å². The van der Waals surface area contributed by atoms with Gasteiger partial charge in [0.05, 0.1) is 7.11 Å². The minimum atomic E-state index is -1.04. The molecule has 0 unspecified atom stereocenters. The lowest BCUT2D eigenvalue weighted by molar-refractivity contribution is -0.143. The maximum absolute atomic E-state index is 12.6. The lowest BCUT2D eigenvalue weighted by Crippen LogP contribution is -2.52. The van der Waals surface area contributed by atoms with Crippen molar-refractivity contribution in [3.8, 4) is 5.75 Å². The molecule has 0 amide bonds. The molecule has 0 radical (unpaired) electrons. The molecule has 1 saturated carbocycles. The standard InChI is InChI=1S/C29H28ClNO3/c1-19-10-11-23(34-2)18-24(19)26-16-20-6-3-4-9-25(20)28(26)12-14-29(15-13-28,27(32)33)31-22-8-5-7-21(30)17-22/h3-11,16-18,31H,12-15H2,1-2H3,(H,32,33). The Balaban J connectivity index is 1.55. The number of allylic oxidation sites excluding steroid dienone is 1. The topological polar surface area (TPSA) is 58.6 Å². The number of anilines is 1. The first-order valence-electron chi connectivity index (χ1n) is 11.6. The van der Waals surface area contributed by atoms with E-state index < -0.39 is 11.5 Å². The first-order chi connectivity index (χ1) is 16.4. The molecule has 2 N–H and O–H groups in total. The summed E-state index contributed by atoms with van der Waals surface area (Å²) in [6.45, 7) is 2.12. The molecule has 34 heavy (non-hydrogen) atoms. The van der Waals surface area contributed by atoms with Gasteiger partial charge in [0, 0.05) is 16.1 Å². The number of carboxylic acid groups (broad SMARTS) is 1. The molecule has 0 atom stereocenters. The Morgan fingerprint density at radius 2 is 1.76 bits per heavy atom. The fourth-order valence-corrected chi connectivity index (χ4v) is 5.92. The first-order valence-corrected chi connectivity index (χ1v) is 12.0. The molecule has 2 aliphatic carbocycles. The smallest absolute Gasteiger partial charge is 0.329 e. The highest BCUT2D eigenvalue weighted by Crippen LogP contribution is 2.57. The van der Waals surface area contributed by atoms with E-state index in [1.807, 2.05) is 18.2 Å². The number of nitrogens with one attached hydrogen (secondary N) is 1. The number of hydrogen-bond donors (Lipinski definition) is 2. The molecule has 0 heterocycles. The van der Waals surface area contributed by atoms with Crippen LogP contribution in [0.2, 0.25) is 5.02 Å². The van der Waals surface area contributed by atoms with Crippen molar-refractivity contribution in [2.45, 2.75) is 43.6 Å². The Morgan fingerprint density at radius 3 is 2.47 bits per heavy atom. The Bertz CT molecular complexity index is 1290. The predicted molar refractivity (Wildman–Crippen MR) is 138 cm³/mol. The fraction of sp³-hybridized carbons (Fsp3) is 0.276. The van der Waals surface area contributed by atoms with E-state index in [0.717, 1.165) is 24.3 Å². The molecule has 1 fully saturated rings. The third-order valence-electron chi connectivity index (χ3n) is 7.60. The van der Waals surface area contributed by atoms with Gasteiger partial charge in [-0.05, 0) is 96.8 Å². The van der Waals surface area contributed by atoms with Crippen LogP contribution in [-0.2, 0) is 10.2 Å². The molecule has 0 saturated heterocycles. The van der Waals surface area contributed by atoms with Crippen LogP contribution in [0.25, 0.3) is 11.6 Å². The number of aliphatic carboxylic acids is 1. The zero-order valence-corrected chi connectivity index (χ0v) is 20.2. The van der Waals surface area contributed by atoms with Gasteiger partial charge in [-0.15, -0.1) is 0 Å². The van der Waals surface area contributed by atoms with E-state index in [1.54, 1.807) is 19.2 Å². The quantitative estimate of drug-likeness (QED) is 0.420. The SMILES string of the molecule is COc1ccc(C)c(C2=Cc3ccccc3C23CCC(Nc2cccc(Cl)c2)(C(=O)O)CC3)c1. The number of benzene rings is 3. The molecule has 5 heteroatoms. The normalized spacial score (nSPS) is 23.3. The summed E-state index contributed by atoms with van der Waals surface area (Å²) in [6.07, 6.45) is 4.75. The monoisotopic (exact) mass is 473 g/mol. The number of fused-ring (bicyclic) bond motifs is 2. The van der Waals surface area contributed by atoms with E-state index in [4.69, 9.17) is 16.3 Å². The molecular formula is C29H28ClNO3. The second-order valence-electron chi connectivity index (χ2n) is 9.43. The zero-order valence-electron chi connectivity index (χ0n) is 19.4. The van der Waals surface area contributed by atoms with Crippen molar-refractivity contribution in [2.75, 3.05) is 12.4 Å². The molecule has 0 aromatic heterocycles. The number of carbonyl (C=O) groups is 1. The summed E-state index contributed by atoms with van der Waals surface area (Å²) < 4.78 is 5.54. The highest BCUT2D eigenvalue weighted by atomic mass is 35.5. The molecule has 174 valence electrons. The average molecular weight is 474 g/mol. The number of hydrogen-bond acceptors (Lipinski definition) is 3. The Hall–Kier alpha value is -3.24. The Morgan fingerprint density at radius 1 is 1.00 bits per heavy atom. The highest BCUT2D eigenvalue weighted by Gasteiger charge is 2.52. The van der Waals surface area contributed by atoms with Gasteiger partial charge < -0.3 is 15.2 Å². The van der Waals surface area contributed by atoms with Crippen molar-refractivity contribution in [3.63, 3.8) is 0 Å². The van der Waals surface area contributed by atoms with Gasteiger partial charge in [-0.25, -0.2) is 4.79 Å². The Labute approximate surface area is 205 Å². The van der Waals surface area contributed by atoms with Crippen molar-refractivity contribution in [1.82, 2.24) is 0 Å². The molecular weight excluding hydrogens is 446 g/mol. The van der Waals surface area contributed by atoms with Crippen LogP contribution < -0.4 is 10.1 Å². The Kier molecular flexibility index (Phi) is 5.65.